The van der Waals surface area contributed by atoms with Gasteiger partial charge in [0.15, 0.2) is 6.10 Å². The molecule has 0 bridgehead atoms. The number of amides is 1. The minimum Gasteiger partial charge on any atom is -0.481 e. The van der Waals surface area contributed by atoms with Crippen molar-refractivity contribution in [3.8, 4) is 11.8 Å². The van der Waals surface area contributed by atoms with Crippen molar-refractivity contribution >= 4 is 11.6 Å². The van der Waals surface area contributed by atoms with Crippen LogP contribution in [-0.2, 0) is 11.2 Å². The molecule has 4 heteroatoms. The van der Waals surface area contributed by atoms with E-state index in [1.165, 1.54) is 0 Å². The Balaban J connectivity index is 1.99. The third kappa shape index (κ3) is 4.58. The van der Waals surface area contributed by atoms with Crippen molar-refractivity contribution in [1.29, 1.82) is 5.26 Å². The fourth-order valence-electron chi connectivity index (χ4n) is 2.12. The van der Waals surface area contributed by atoms with Gasteiger partial charge in [-0.3, -0.25) is 4.79 Å². The molecule has 1 N–H and O–H groups in total. The predicted molar refractivity (Wildman–Crippen MR) is 90.4 cm³/mol. The van der Waals surface area contributed by atoms with Crippen molar-refractivity contribution < 1.29 is 9.53 Å². The van der Waals surface area contributed by atoms with E-state index in [0.717, 1.165) is 22.4 Å². The maximum atomic E-state index is 12.2. The zero-order valence-electron chi connectivity index (χ0n) is 13.6. The van der Waals surface area contributed by atoms with Gasteiger partial charge in [0.2, 0.25) is 0 Å². The average Bonchev–Trinajstić information content (AvgIpc) is 2.53. The second-order valence-corrected chi connectivity index (χ2v) is 5.55. The summed E-state index contributed by atoms with van der Waals surface area (Å²) in [5.41, 5.74) is 3.70. The second-order valence-electron chi connectivity index (χ2n) is 5.55. The Kier molecular flexibility index (Phi) is 5.37. The number of rotatable bonds is 5. The Labute approximate surface area is 136 Å². The monoisotopic (exact) mass is 308 g/mol. The Morgan fingerprint density at radius 2 is 1.91 bits per heavy atom. The largest absolute Gasteiger partial charge is 0.481 e. The first-order chi connectivity index (χ1) is 11.0. The van der Waals surface area contributed by atoms with Crippen molar-refractivity contribution in [2.45, 2.75) is 33.3 Å². The van der Waals surface area contributed by atoms with E-state index >= 15 is 0 Å². The van der Waals surface area contributed by atoms with E-state index in [4.69, 9.17) is 10.00 Å². The first-order valence-corrected chi connectivity index (χ1v) is 7.50. The summed E-state index contributed by atoms with van der Waals surface area (Å²) in [4.78, 5) is 12.2. The summed E-state index contributed by atoms with van der Waals surface area (Å²) in [5, 5.41) is 11.5. The van der Waals surface area contributed by atoms with Crippen LogP contribution in [0.3, 0.4) is 0 Å². The molecule has 0 saturated carbocycles. The molecular formula is C19H20N2O2. The van der Waals surface area contributed by atoms with Crippen LogP contribution >= 0.6 is 0 Å². The van der Waals surface area contributed by atoms with Crippen molar-refractivity contribution in [3.05, 3.63) is 59.2 Å². The lowest BCUT2D eigenvalue weighted by Gasteiger charge is -2.17. The predicted octanol–water partition coefficient (Wildman–Crippen LogP) is 3.78. The minimum atomic E-state index is -0.603. The number of hydrogen-bond acceptors (Lipinski definition) is 3. The van der Waals surface area contributed by atoms with E-state index in [-0.39, 0.29) is 5.91 Å². The molecule has 0 fully saturated rings. The molecule has 1 amide bonds. The van der Waals surface area contributed by atoms with Gasteiger partial charge in [0.05, 0.1) is 12.5 Å². The van der Waals surface area contributed by atoms with Crippen molar-refractivity contribution in [2.75, 3.05) is 5.32 Å². The lowest BCUT2D eigenvalue weighted by atomic mass is 10.1. The maximum Gasteiger partial charge on any atom is 0.265 e. The number of ether oxygens (including phenoxy) is 1. The summed E-state index contributed by atoms with van der Waals surface area (Å²) < 4.78 is 5.77. The second kappa shape index (κ2) is 7.46. The Morgan fingerprint density at radius 3 is 2.57 bits per heavy atom. The number of benzene rings is 2. The number of aryl methyl sites for hydroxylation is 2. The van der Waals surface area contributed by atoms with Gasteiger partial charge in [-0.1, -0.05) is 24.3 Å². The van der Waals surface area contributed by atoms with Gasteiger partial charge in [0.25, 0.3) is 5.91 Å². The topological polar surface area (TPSA) is 62.1 Å². The molecule has 2 rings (SSSR count). The molecule has 23 heavy (non-hydrogen) atoms. The van der Waals surface area contributed by atoms with Crippen LogP contribution < -0.4 is 10.1 Å². The number of nitrogens with one attached hydrogen (secondary N) is 1. The molecule has 4 nitrogen and oxygen atoms in total. The van der Waals surface area contributed by atoms with Gasteiger partial charge in [0.1, 0.15) is 5.75 Å². The maximum absolute atomic E-state index is 12.2. The van der Waals surface area contributed by atoms with Crippen LogP contribution in [0.1, 0.15) is 23.6 Å². The van der Waals surface area contributed by atoms with Crippen molar-refractivity contribution in [2.24, 2.45) is 0 Å². The lowest BCUT2D eigenvalue weighted by molar-refractivity contribution is -0.122. The number of nitriles is 1. The quantitative estimate of drug-likeness (QED) is 0.914. The number of carbonyl (C=O) groups excluding carboxylic acids is 1. The van der Waals surface area contributed by atoms with Gasteiger partial charge in [0, 0.05) is 5.69 Å². The average molecular weight is 308 g/mol. The summed E-state index contributed by atoms with van der Waals surface area (Å²) in [5.74, 6) is 0.510. The molecule has 2 aromatic rings. The molecule has 0 saturated heterocycles. The third-order valence-corrected chi connectivity index (χ3v) is 3.52. The van der Waals surface area contributed by atoms with Crippen LogP contribution in [0.25, 0.3) is 0 Å². The smallest absolute Gasteiger partial charge is 0.265 e. The molecule has 0 aliphatic carbocycles. The van der Waals surface area contributed by atoms with Crippen molar-refractivity contribution in [3.63, 3.8) is 0 Å². The molecule has 0 radical (unpaired) electrons. The van der Waals surface area contributed by atoms with E-state index < -0.39 is 6.10 Å². The molecule has 118 valence electrons. The molecule has 1 unspecified atom stereocenters. The summed E-state index contributed by atoms with van der Waals surface area (Å²) in [6.45, 7) is 5.66. The third-order valence-electron chi connectivity index (χ3n) is 3.52. The van der Waals surface area contributed by atoms with Crippen molar-refractivity contribution in [1.82, 2.24) is 0 Å². The Hall–Kier alpha value is -2.80. The van der Waals surface area contributed by atoms with Crippen LogP contribution in [0.4, 0.5) is 5.69 Å². The Morgan fingerprint density at radius 1 is 1.22 bits per heavy atom. The summed E-state index contributed by atoms with van der Waals surface area (Å²) in [7, 11) is 0. The van der Waals surface area contributed by atoms with Crippen LogP contribution in [0.15, 0.2) is 42.5 Å². The molecule has 0 aliphatic heterocycles. The summed E-state index contributed by atoms with van der Waals surface area (Å²) in [6, 6.07) is 15.2. The van der Waals surface area contributed by atoms with Crippen LogP contribution in [0.2, 0.25) is 0 Å². The molecule has 0 aliphatic rings. The van der Waals surface area contributed by atoms with Crippen LogP contribution in [0, 0.1) is 25.2 Å². The highest BCUT2D eigenvalue weighted by molar-refractivity contribution is 5.94. The van der Waals surface area contributed by atoms with E-state index in [2.05, 4.69) is 11.4 Å². The standard InChI is InChI=1S/C19H20N2O2/c1-13-4-5-14(2)18(12-13)23-15(3)19(22)21-17-8-6-16(7-9-17)10-11-20/h4-9,12,15H,10H2,1-3H3,(H,21,22). The van der Waals surface area contributed by atoms with E-state index in [9.17, 15) is 4.79 Å². The van der Waals surface area contributed by atoms with Crippen LogP contribution in [0.5, 0.6) is 5.75 Å². The van der Waals surface area contributed by atoms with Gasteiger partial charge < -0.3 is 10.1 Å². The van der Waals surface area contributed by atoms with E-state index in [0.29, 0.717) is 12.1 Å². The number of anilines is 1. The Bertz CT molecular complexity index is 730. The molecule has 2 aromatic carbocycles. The lowest BCUT2D eigenvalue weighted by Crippen LogP contribution is -2.30. The fourth-order valence-corrected chi connectivity index (χ4v) is 2.12. The summed E-state index contributed by atoms with van der Waals surface area (Å²) >= 11 is 0. The molecular weight excluding hydrogens is 288 g/mol. The van der Waals surface area contributed by atoms with E-state index in [1.54, 1.807) is 19.1 Å². The van der Waals surface area contributed by atoms with Gasteiger partial charge in [-0.15, -0.1) is 0 Å². The SMILES string of the molecule is Cc1ccc(C)c(OC(C)C(=O)Nc2ccc(CC#N)cc2)c1. The normalized spacial score (nSPS) is 11.4. The van der Waals surface area contributed by atoms with E-state index in [1.807, 2.05) is 44.2 Å². The van der Waals surface area contributed by atoms with Gasteiger partial charge in [-0.25, -0.2) is 0 Å². The van der Waals surface area contributed by atoms with Gasteiger partial charge in [-0.2, -0.15) is 5.26 Å². The highest BCUT2D eigenvalue weighted by Gasteiger charge is 2.16. The van der Waals surface area contributed by atoms with Gasteiger partial charge >= 0.3 is 0 Å². The fraction of sp³-hybridized carbons (Fsp3) is 0.263. The first-order valence-electron chi connectivity index (χ1n) is 7.50. The van der Waals surface area contributed by atoms with Gasteiger partial charge in [-0.05, 0) is 55.7 Å². The minimum absolute atomic E-state index is 0.209. The zero-order chi connectivity index (χ0) is 16.8. The molecule has 0 aromatic heterocycles. The molecule has 0 spiro atoms. The number of hydrogen-bond donors (Lipinski definition) is 1. The zero-order valence-corrected chi connectivity index (χ0v) is 13.6. The number of carbonyl (C=O) groups is 1. The first kappa shape index (κ1) is 16.6. The highest BCUT2D eigenvalue weighted by atomic mass is 16.5. The summed E-state index contributed by atoms with van der Waals surface area (Å²) in [6.07, 6.45) is -0.241. The molecule has 1 atom stereocenters. The van der Waals surface area contributed by atoms with Crippen LogP contribution in [-0.4, -0.2) is 12.0 Å². The molecule has 0 heterocycles. The highest BCUT2D eigenvalue weighted by Crippen LogP contribution is 2.21. The number of nitrogens with zero attached hydrogens (tertiary/aromatic N) is 1.